The van der Waals surface area contributed by atoms with Crippen LogP contribution in [0.1, 0.15) is 10.4 Å². The molecule has 1 fully saturated rings. The van der Waals surface area contributed by atoms with E-state index in [2.05, 4.69) is 21.8 Å². The molecule has 0 saturated carbocycles. The lowest BCUT2D eigenvalue weighted by atomic mass is 10.0. The molecule has 0 radical (unpaired) electrons. The van der Waals surface area contributed by atoms with E-state index in [4.69, 9.17) is 0 Å². The van der Waals surface area contributed by atoms with E-state index in [1.807, 2.05) is 24.3 Å². The summed E-state index contributed by atoms with van der Waals surface area (Å²) in [5.41, 5.74) is 3.22. The van der Waals surface area contributed by atoms with Gasteiger partial charge in [0.2, 0.25) is 0 Å². The molecule has 4 rings (SSSR count). The molecule has 0 atom stereocenters. The highest BCUT2D eigenvalue weighted by Crippen LogP contribution is 2.31. The second-order valence-electron chi connectivity index (χ2n) is 6.93. The Bertz CT molecular complexity index is 924. The van der Waals surface area contributed by atoms with Crippen LogP contribution in [0.25, 0.3) is 22.2 Å². The number of ketones is 1. The summed E-state index contributed by atoms with van der Waals surface area (Å²) in [5, 5.41) is 0.922. The number of hydrogen-bond donors (Lipinski definition) is 1. The van der Waals surface area contributed by atoms with Crippen molar-refractivity contribution >= 4 is 16.7 Å². The minimum Gasteiger partial charge on any atom is -0.354 e. The van der Waals surface area contributed by atoms with Crippen molar-refractivity contribution in [1.82, 2.24) is 14.8 Å². The van der Waals surface area contributed by atoms with Crippen LogP contribution >= 0.6 is 0 Å². The van der Waals surface area contributed by atoms with E-state index in [1.165, 1.54) is 12.1 Å². The fourth-order valence-electron chi connectivity index (χ4n) is 3.55. The number of aromatic amines is 1. The van der Waals surface area contributed by atoms with Gasteiger partial charge in [0.1, 0.15) is 5.82 Å². The van der Waals surface area contributed by atoms with Gasteiger partial charge in [0.05, 0.1) is 17.8 Å². The number of fused-ring (bicyclic) bond motifs is 1. The summed E-state index contributed by atoms with van der Waals surface area (Å²) >= 11 is 0. The number of benzene rings is 2. The quantitative estimate of drug-likeness (QED) is 0.732. The van der Waals surface area contributed by atoms with Crippen LogP contribution in [0.15, 0.2) is 48.5 Å². The van der Waals surface area contributed by atoms with Crippen molar-refractivity contribution < 1.29 is 9.18 Å². The largest absolute Gasteiger partial charge is 0.354 e. The molecule has 0 amide bonds. The summed E-state index contributed by atoms with van der Waals surface area (Å²) in [4.78, 5) is 21.0. The maximum Gasteiger partial charge on any atom is 0.179 e. The molecule has 0 bridgehead atoms. The third-order valence-electron chi connectivity index (χ3n) is 5.08. The van der Waals surface area contributed by atoms with Crippen molar-refractivity contribution in [3.05, 3.63) is 59.9 Å². The zero-order valence-electron chi connectivity index (χ0n) is 14.8. The van der Waals surface area contributed by atoms with Gasteiger partial charge in [0.25, 0.3) is 0 Å². The van der Waals surface area contributed by atoms with E-state index in [-0.39, 0.29) is 11.6 Å². The second kappa shape index (κ2) is 7.02. The van der Waals surface area contributed by atoms with Gasteiger partial charge < -0.3 is 9.88 Å². The van der Waals surface area contributed by atoms with Crippen LogP contribution in [0.5, 0.6) is 0 Å². The van der Waals surface area contributed by atoms with Crippen molar-refractivity contribution in [2.75, 3.05) is 39.8 Å². The highest BCUT2D eigenvalue weighted by atomic mass is 19.1. The van der Waals surface area contributed by atoms with E-state index in [0.29, 0.717) is 12.1 Å². The number of carbonyl (C=O) groups excluding carboxylic acids is 1. The monoisotopic (exact) mass is 351 g/mol. The van der Waals surface area contributed by atoms with Gasteiger partial charge >= 0.3 is 0 Å². The van der Waals surface area contributed by atoms with Crippen molar-refractivity contribution in [2.24, 2.45) is 0 Å². The number of likely N-dealkylation sites (N-methyl/N-ethyl adjacent to an activating group) is 1. The van der Waals surface area contributed by atoms with E-state index < -0.39 is 0 Å². The van der Waals surface area contributed by atoms with Gasteiger partial charge in [-0.1, -0.05) is 18.2 Å². The Kier molecular flexibility index (Phi) is 4.57. The number of halogens is 1. The van der Waals surface area contributed by atoms with Gasteiger partial charge in [-0.2, -0.15) is 0 Å². The number of rotatable bonds is 4. The van der Waals surface area contributed by atoms with E-state index in [0.717, 1.165) is 48.3 Å². The minimum absolute atomic E-state index is 0.103. The Morgan fingerprint density at radius 3 is 2.46 bits per heavy atom. The number of hydrogen-bond acceptors (Lipinski definition) is 3. The topological polar surface area (TPSA) is 39.3 Å². The standard InChI is InChI=1S/C21H22FN3O/c1-24-10-12-25(13-11-24)14-19(26)20-17-4-2-3-5-18(17)23-21(20)15-6-8-16(22)9-7-15/h2-9,23H,10-14H2,1H3. The molecular formula is C21H22FN3O. The van der Waals surface area contributed by atoms with Crippen LogP contribution in [0.2, 0.25) is 0 Å². The van der Waals surface area contributed by atoms with Crippen molar-refractivity contribution in [3.63, 3.8) is 0 Å². The summed E-state index contributed by atoms with van der Waals surface area (Å²) in [5.74, 6) is -0.179. The molecule has 1 saturated heterocycles. The molecule has 4 nitrogen and oxygen atoms in total. The Morgan fingerprint density at radius 1 is 1.04 bits per heavy atom. The lowest BCUT2D eigenvalue weighted by Crippen LogP contribution is -2.46. The Balaban J connectivity index is 1.71. The molecule has 3 aromatic rings. The van der Waals surface area contributed by atoms with Crippen molar-refractivity contribution in [2.45, 2.75) is 0 Å². The molecule has 1 aliphatic heterocycles. The molecule has 0 unspecified atom stereocenters. The second-order valence-corrected chi connectivity index (χ2v) is 6.93. The molecule has 1 N–H and O–H groups in total. The third kappa shape index (κ3) is 3.28. The molecule has 0 spiro atoms. The minimum atomic E-state index is -0.282. The van der Waals surface area contributed by atoms with Gasteiger partial charge in [0.15, 0.2) is 5.78 Å². The van der Waals surface area contributed by atoms with E-state index in [9.17, 15) is 9.18 Å². The zero-order chi connectivity index (χ0) is 18.1. The first kappa shape index (κ1) is 16.9. The maximum absolute atomic E-state index is 13.3. The van der Waals surface area contributed by atoms with Crippen LogP contribution in [-0.4, -0.2) is 60.3 Å². The highest BCUT2D eigenvalue weighted by Gasteiger charge is 2.23. The smallest absolute Gasteiger partial charge is 0.179 e. The van der Waals surface area contributed by atoms with Gasteiger partial charge in [-0.25, -0.2) is 4.39 Å². The number of H-pyrrole nitrogens is 1. The Labute approximate surface area is 152 Å². The first-order valence-electron chi connectivity index (χ1n) is 8.92. The molecule has 0 aliphatic carbocycles. The van der Waals surface area contributed by atoms with Crippen molar-refractivity contribution in [3.8, 4) is 11.3 Å². The third-order valence-corrected chi connectivity index (χ3v) is 5.08. The van der Waals surface area contributed by atoms with Gasteiger partial charge in [-0.15, -0.1) is 0 Å². The summed E-state index contributed by atoms with van der Waals surface area (Å²) < 4.78 is 13.3. The number of nitrogens with zero attached hydrogens (tertiary/aromatic N) is 2. The number of aromatic nitrogens is 1. The average Bonchev–Trinajstić information content (AvgIpc) is 3.04. The fourth-order valence-corrected chi connectivity index (χ4v) is 3.55. The molecule has 5 heteroatoms. The number of para-hydroxylation sites is 1. The number of Topliss-reactive ketones (excluding diaryl/α,β-unsaturated/α-hetero) is 1. The number of nitrogens with one attached hydrogen (secondary N) is 1. The van der Waals surface area contributed by atoms with Crippen molar-refractivity contribution in [1.29, 1.82) is 0 Å². The summed E-state index contributed by atoms with van der Waals surface area (Å²) in [6.45, 7) is 4.16. The lowest BCUT2D eigenvalue weighted by molar-refractivity contribution is 0.0878. The van der Waals surface area contributed by atoms with Crippen LogP contribution in [-0.2, 0) is 0 Å². The predicted octanol–water partition coefficient (Wildman–Crippen LogP) is 3.40. The van der Waals surface area contributed by atoms with Gasteiger partial charge in [-0.05, 0) is 42.9 Å². The molecular weight excluding hydrogens is 329 g/mol. The van der Waals surface area contributed by atoms with Crippen LogP contribution < -0.4 is 0 Å². The van der Waals surface area contributed by atoms with E-state index in [1.54, 1.807) is 12.1 Å². The van der Waals surface area contributed by atoms with Crippen LogP contribution in [0.4, 0.5) is 4.39 Å². The van der Waals surface area contributed by atoms with Crippen LogP contribution in [0.3, 0.4) is 0 Å². The fraction of sp³-hybridized carbons (Fsp3) is 0.286. The number of carbonyl (C=O) groups is 1. The molecule has 2 aromatic carbocycles. The SMILES string of the molecule is CN1CCN(CC(=O)c2c(-c3ccc(F)cc3)[nH]c3ccccc23)CC1. The first-order valence-corrected chi connectivity index (χ1v) is 8.92. The molecule has 1 aromatic heterocycles. The summed E-state index contributed by atoms with van der Waals surface area (Å²) in [6.07, 6.45) is 0. The summed E-state index contributed by atoms with van der Waals surface area (Å²) in [7, 11) is 2.10. The van der Waals surface area contributed by atoms with Crippen LogP contribution in [0, 0.1) is 5.82 Å². The Hall–Kier alpha value is -2.50. The number of piperazine rings is 1. The zero-order valence-corrected chi connectivity index (χ0v) is 14.8. The molecule has 26 heavy (non-hydrogen) atoms. The molecule has 2 heterocycles. The van der Waals surface area contributed by atoms with Gasteiger partial charge in [0, 0.05) is 37.1 Å². The lowest BCUT2D eigenvalue weighted by Gasteiger charge is -2.31. The highest BCUT2D eigenvalue weighted by molar-refractivity contribution is 6.14. The Morgan fingerprint density at radius 2 is 1.73 bits per heavy atom. The molecule has 134 valence electrons. The summed E-state index contributed by atoms with van der Waals surface area (Å²) in [6, 6.07) is 14.1. The first-order chi connectivity index (χ1) is 12.6. The van der Waals surface area contributed by atoms with Gasteiger partial charge in [-0.3, -0.25) is 9.69 Å². The molecule has 1 aliphatic rings. The van der Waals surface area contributed by atoms with E-state index >= 15 is 0 Å². The predicted molar refractivity (Wildman–Crippen MR) is 102 cm³/mol. The maximum atomic E-state index is 13.3. The average molecular weight is 351 g/mol. The normalized spacial score (nSPS) is 16.2.